The van der Waals surface area contributed by atoms with E-state index in [1.807, 2.05) is 13.8 Å². The summed E-state index contributed by atoms with van der Waals surface area (Å²) in [5.74, 6) is -0.522. The lowest BCUT2D eigenvalue weighted by atomic mass is 9.85. The predicted molar refractivity (Wildman–Crippen MR) is 191 cm³/mol. The summed E-state index contributed by atoms with van der Waals surface area (Å²) in [6.45, 7) is 9.25. The number of hydrogen-bond acceptors (Lipinski definition) is 6. The monoisotopic (exact) mass is 654 g/mol. The maximum Gasteiger partial charge on any atom is 0.305 e. The number of amides is 1. The quantitative estimate of drug-likeness (QED) is 0.0549. The van der Waals surface area contributed by atoms with Crippen molar-refractivity contribution < 1.29 is 29.0 Å². The molecule has 1 N–H and O–H groups in total. The summed E-state index contributed by atoms with van der Waals surface area (Å²) in [5, 5.41) is 9.38. The molecule has 46 heavy (non-hydrogen) atoms. The van der Waals surface area contributed by atoms with Crippen molar-refractivity contribution in [3.63, 3.8) is 0 Å². The fourth-order valence-corrected chi connectivity index (χ4v) is 5.82. The zero-order valence-electron chi connectivity index (χ0n) is 30.9. The first-order chi connectivity index (χ1) is 22.3. The second-order valence-corrected chi connectivity index (χ2v) is 14.2. The van der Waals surface area contributed by atoms with Gasteiger partial charge in [-0.2, -0.15) is 0 Å². The summed E-state index contributed by atoms with van der Waals surface area (Å²) in [4.78, 5) is 39.3. The Morgan fingerprint density at radius 3 is 1.20 bits per heavy atom. The van der Waals surface area contributed by atoms with E-state index in [1.54, 1.807) is 4.90 Å². The molecular formula is C39H75NO6. The molecule has 0 saturated carbocycles. The highest BCUT2D eigenvalue weighted by Gasteiger charge is 2.25. The van der Waals surface area contributed by atoms with E-state index in [4.69, 9.17) is 9.47 Å². The Morgan fingerprint density at radius 1 is 0.543 bits per heavy atom. The van der Waals surface area contributed by atoms with Crippen LogP contribution < -0.4 is 0 Å². The van der Waals surface area contributed by atoms with Crippen LogP contribution in [0.1, 0.15) is 195 Å². The average Bonchev–Trinajstić information content (AvgIpc) is 3.01. The molecule has 0 aromatic heterocycles. The zero-order valence-corrected chi connectivity index (χ0v) is 30.9. The molecule has 0 aromatic rings. The topological polar surface area (TPSA) is 93.1 Å². The molecule has 7 nitrogen and oxygen atoms in total. The molecule has 0 aromatic carbocycles. The largest absolute Gasteiger partial charge is 0.464 e. The number of ether oxygens (including phenoxy) is 2. The molecule has 0 aliphatic carbocycles. The van der Waals surface area contributed by atoms with Crippen molar-refractivity contribution in [3.8, 4) is 0 Å². The Morgan fingerprint density at radius 2 is 0.870 bits per heavy atom. The molecule has 1 amide bonds. The molecule has 0 heterocycles. The Hall–Kier alpha value is -1.63. The van der Waals surface area contributed by atoms with Crippen LogP contribution in [0.5, 0.6) is 0 Å². The predicted octanol–water partition coefficient (Wildman–Crippen LogP) is 10.1. The molecule has 0 radical (unpaired) electrons. The first-order valence-electron chi connectivity index (χ1n) is 19.5. The van der Waals surface area contributed by atoms with Crippen LogP contribution in [0.3, 0.4) is 0 Å². The fourth-order valence-electron chi connectivity index (χ4n) is 5.82. The van der Waals surface area contributed by atoms with Gasteiger partial charge in [-0.3, -0.25) is 14.4 Å². The maximum absolute atomic E-state index is 13.1. The highest BCUT2D eigenvalue weighted by atomic mass is 16.5. The van der Waals surface area contributed by atoms with Gasteiger partial charge >= 0.3 is 11.9 Å². The average molecular weight is 654 g/mol. The number of carbonyl (C=O) groups excluding carboxylic acids is 3. The Kier molecular flexibility index (Phi) is 30.8. The van der Waals surface area contributed by atoms with Gasteiger partial charge in [-0.1, -0.05) is 156 Å². The van der Waals surface area contributed by atoms with E-state index in [1.165, 1.54) is 103 Å². The van der Waals surface area contributed by atoms with Gasteiger partial charge in [0.2, 0.25) is 5.91 Å². The lowest BCUT2D eigenvalue weighted by Crippen LogP contribution is -2.39. The zero-order chi connectivity index (χ0) is 34.1. The summed E-state index contributed by atoms with van der Waals surface area (Å²) >= 11 is 0. The Balaban J connectivity index is 4.24. The lowest BCUT2D eigenvalue weighted by Gasteiger charge is -2.28. The number of aliphatic hydroxyl groups is 1. The van der Waals surface area contributed by atoms with E-state index < -0.39 is 0 Å². The molecule has 0 aliphatic rings. The standard InChI is InChI=1S/C39H75NO6/c1-5-7-9-11-13-15-17-19-21-23-25-27-37(43)45-33-30-40(36(42)35-39(3,4)29-32-41)31-34-46-38(44)28-26-24-22-20-18-16-14-12-10-8-6-2/h41H,5-35H2,1-4H3. The third-order valence-electron chi connectivity index (χ3n) is 8.99. The summed E-state index contributed by atoms with van der Waals surface area (Å²) in [6.07, 6.45) is 28.7. The van der Waals surface area contributed by atoms with Crippen molar-refractivity contribution >= 4 is 17.8 Å². The Bertz CT molecular complexity index is 681. The van der Waals surface area contributed by atoms with Gasteiger partial charge in [0.15, 0.2) is 0 Å². The Labute approximate surface area is 284 Å². The van der Waals surface area contributed by atoms with Crippen LogP contribution in [0.4, 0.5) is 0 Å². The SMILES string of the molecule is CCCCCCCCCCCCCC(=O)OCCN(CCOC(=O)CCCCCCCCCCCCC)C(=O)CC(C)(C)CCO. The highest BCUT2D eigenvalue weighted by molar-refractivity contribution is 5.77. The smallest absolute Gasteiger partial charge is 0.305 e. The number of rotatable bonds is 34. The van der Waals surface area contributed by atoms with Crippen molar-refractivity contribution in [1.82, 2.24) is 4.90 Å². The molecule has 0 rings (SSSR count). The van der Waals surface area contributed by atoms with E-state index in [0.717, 1.165) is 38.5 Å². The van der Waals surface area contributed by atoms with Crippen LogP contribution in [0.15, 0.2) is 0 Å². The van der Waals surface area contributed by atoms with Crippen LogP contribution >= 0.6 is 0 Å². The van der Waals surface area contributed by atoms with Crippen molar-refractivity contribution in [2.75, 3.05) is 32.9 Å². The maximum atomic E-state index is 13.1. The normalized spacial score (nSPS) is 11.5. The van der Waals surface area contributed by atoms with Gasteiger partial charge in [0.25, 0.3) is 0 Å². The minimum absolute atomic E-state index is 0.0214. The minimum atomic E-state index is -0.346. The highest BCUT2D eigenvalue weighted by Crippen LogP contribution is 2.25. The number of hydrogen-bond donors (Lipinski definition) is 1. The van der Waals surface area contributed by atoms with E-state index in [-0.39, 0.29) is 62.6 Å². The van der Waals surface area contributed by atoms with E-state index in [9.17, 15) is 19.5 Å². The van der Waals surface area contributed by atoms with Crippen molar-refractivity contribution in [2.45, 2.75) is 195 Å². The van der Waals surface area contributed by atoms with Crippen LogP contribution in [0.2, 0.25) is 0 Å². The van der Waals surface area contributed by atoms with Gasteiger partial charge in [-0.05, 0) is 24.7 Å². The van der Waals surface area contributed by atoms with E-state index in [0.29, 0.717) is 19.3 Å². The summed E-state index contributed by atoms with van der Waals surface area (Å²) < 4.78 is 10.9. The van der Waals surface area contributed by atoms with Crippen LogP contribution in [-0.2, 0) is 23.9 Å². The van der Waals surface area contributed by atoms with E-state index >= 15 is 0 Å². The first kappa shape index (κ1) is 44.4. The first-order valence-corrected chi connectivity index (χ1v) is 19.5. The van der Waals surface area contributed by atoms with Crippen molar-refractivity contribution in [1.29, 1.82) is 0 Å². The molecule has 7 heteroatoms. The minimum Gasteiger partial charge on any atom is -0.464 e. The summed E-state index contributed by atoms with van der Waals surface area (Å²) in [6, 6.07) is 0. The molecule has 0 atom stereocenters. The molecule has 272 valence electrons. The van der Waals surface area contributed by atoms with Crippen LogP contribution in [-0.4, -0.2) is 60.8 Å². The number of carbonyl (C=O) groups is 3. The van der Waals surface area contributed by atoms with E-state index in [2.05, 4.69) is 13.8 Å². The number of unbranched alkanes of at least 4 members (excludes halogenated alkanes) is 20. The third-order valence-corrected chi connectivity index (χ3v) is 8.99. The molecule has 0 saturated heterocycles. The van der Waals surface area contributed by atoms with Gasteiger partial charge in [-0.15, -0.1) is 0 Å². The van der Waals surface area contributed by atoms with Gasteiger partial charge in [-0.25, -0.2) is 0 Å². The number of nitrogens with zero attached hydrogens (tertiary/aromatic N) is 1. The molecule has 0 aliphatic heterocycles. The molecule has 0 unspecified atom stereocenters. The number of aliphatic hydroxyl groups excluding tert-OH is 1. The molecule has 0 fully saturated rings. The third kappa shape index (κ3) is 29.8. The second kappa shape index (κ2) is 31.9. The van der Waals surface area contributed by atoms with Gasteiger partial charge in [0.1, 0.15) is 13.2 Å². The van der Waals surface area contributed by atoms with Crippen molar-refractivity contribution in [3.05, 3.63) is 0 Å². The van der Waals surface area contributed by atoms with Crippen LogP contribution in [0, 0.1) is 5.41 Å². The molecular weight excluding hydrogens is 578 g/mol. The van der Waals surface area contributed by atoms with Gasteiger partial charge in [0.05, 0.1) is 13.1 Å². The van der Waals surface area contributed by atoms with Crippen LogP contribution in [0.25, 0.3) is 0 Å². The fraction of sp³-hybridized carbons (Fsp3) is 0.923. The van der Waals surface area contributed by atoms with Gasteiger partial charge < -0.3 is 19.5 Å². The molecule has 0 spiro atoms. The molecule has 0 bridgehead atoms. The van der Waals surface area contributed by atoms with Crippen molar-refractivity contribution in [2.24, 2.45) is 5.41 Å². The number of esters is 2. The summed E-state index contributed by atoms with van der Waals surface area (Å²) in [5.41, 5.74) is -0.346. The van der Waals surface area contributed by atoms with Gasteiger partial charge in [0, 0.05) is 25.9 Å². The summed E-state index contributed by atoms with van der Waals surface area (Å²) in [7, 11) is 0. The second-order valence-electron chi connectivity index (χ2n) is 14.2. The lowest BCUT2D eigenvalue weighted by molar-refractivity contribution is -0.148.